The number of nitrogens with two attached hydrogens (primary N) is 1. The molecule has 0 unspecified atom stereocenters. The summed E-state index contributed by atoms with van der Waals surface area (Å²) in [5.41, 5.74) is 10.4. The number of aryl methyl sites for hydroxylation is 1. The number of imidazole rings is 1. The molecule has 1 aromatic heterocycles. The molecule has 0 saturated heterocycles. The number of nitrogens with one attached hydrogen (secondary N) is 1. The van der Waals surface area contributed by atoms with Crippen LogP contribution in [0.15, 0.2) is 22.8 Å². The lowest BCUT2D eigenvalue weighted by Crippen LogP contribution is -2.11. The Balaban J connectivity index is 2.49. The van der Waals surface area contributed by atoms with Crippen molar-refractivity contribution in [3.05, 3.63) is 39.8 Å². The van der Waals surface area contributed by atoms with Crippen molar-refractivity contribution in [3.8, 4) is 11.3 Å². The average molecular weight is 322 g/mol. The van der Waals surface area contributed by atoms with E-state index in [1.165, 1.54) is 11.1 Å². The summed E-state index contributed by atoms with van der Waals surface area (Å²) in [6.45, 7) is 9.20. The molecule has 0 saturated carbocycles. The highest BCUT2D eigenvalue weighted by atomic mass is 79.9. The molecule has 102 valence electrons. The van der Waals surface area contributed by atoms with E-state index in [9.17, 15) is 0 Å². The van der Waals surface area contributed by atoms with Crippen molar-refractivity contribution in [2.24, 2.45) is 5.73 Å². The van der Waals surface area contributed by atoms with Crippen LogP contribution in [0.4, 0.5) is 0 Å². The van der Waals surface area contributed by atoms with Crippen molar-refractivity contribution < 1.29 is 0 Å². The second-order valence-corrected chi connectivity index (χ2v) is 6.62. The number of rotatable bonds is 2. The number of halogens is 1. The molecule has 0 bridgehead atoms. The van der Waals surface area contributed by atoms with Gasteiger partial charge in [0.05, 0.1) is 6.54 Å². The van der Waals surface area contributed by atoms with Gasteiger partial charge in [0.15, 0.2) is 0 Å². The van der Waals surface area contributed by atoms with E-state index >= 15 is 0 Å². The van der Waals surface area contributed by atoms with Crippen LogP contribution in [0.25, 0.3) is 11.3 Å². The van der Waals surface area contributed by atoms with Gasteiger partial charge in [0.25, 0.3) is 0 Å². The molecule has 0 aliphatic rings. The highest BCUT2D eigenvalue weighted by Crippen LogP contribution is 2.32. The molecule has 2 rings (SSSR count). The lowest BCUT2D eigenvalue weighted by atomic mass is 9.85. The topological polar surface area (TPSA) is 54.7 Å². The molecule has 4 heteroatoms. The Hall–Kier alpha value is -1.13. The molecule has 0 amide bonds. The average Bonchev–Trinajstić information content (AvgIpc) is 2.69. The van der Waals surface area contributed by atoms with Gasteiger partial charge in [-0.3, -0.25) is 0 Å². The number of hydrogen-bond donors (Lipinski definition) is 2. The molecular formula is C15H20BrN3. The van der Waals surface area contributed by atoms with Crippen molar-refractivity contribution in [1.29, 1.82) is 0 Å². The monoisotopic (exact) mass is 321 g/mol. The third kappa shape index (κ3) is 2.90. The number of aromatic amines is 1. The van der Waals surface area contributed by atoms with Gasteiger partial charge in [-0.25, -0.2) is 4.98 Å². The quantitative estimate of drug-likeness (QED) is 0.881. The second-order valence-electron chi connectivity index (χ2n) is 5.83. The van der Waals surface area contributed by atoms with Crippen LogP contribution in [0, 0.1) is 6.92 Å². The van der Waals surface area contributed by atoms with Gasteiger partial charge in [0, 0.05) is 5.56 Å². The number of nitrogens with zero attached hydrogens (tertiary/aromatic N) is 1. The fraction of sp³-hybridized carbons (Fsp3) is 0.400. The van der Waals surface area contributed by atoms with Crippen LogP contribution in [0.3, 0.4) is 0 Å². The molecule has 3 N–H and O–H groups in total. The van der Waals surface area contributed by atoms with Gasteiger partial charge in [0.1, 0.15) is 16.1 Å². The summed E-state index contributed by atoms with van der Waals surface area (Å²) in [5, 5.41) is 0. The van der Waals surface area contributed by atoms with Crippen LogP contribution in [0.1, 0.15) is 37.7 Å². The van der Waals surface area contributed by atoms with E-state index in [-0.39, 0.29) is 5.41 Å². The minimum absolute atomic E-state index is 0.161. The largest absolute Gasteiger partial charge is 0.335 e. The number of benzene rings is 1. The number of hydrogen-bond acceptors (Lipinski definition) is 2. The Kier molecular flexibility index (Phi) is 3.83. The molecule has 0 spiro atoms. The van der Waals surface area contributed by atoms with Gasteiger partial charge in [-0.05, 0) is 39.4 Å². The van der Waals surface area contributed by atoms with Gasteiger partial charge in [-0.15, -0.1) is 0 Å². The summed E-state index contributed by atoms with van der Waals surface area (Å²) >= 11 is 3.51. The minimum atomic E-state index is 0.161. The van der Waals surface area contributed by atoms with Crippen molar-refractivity contribution in [1.82, 2.24) is 9.97 Å². The summed E-state index contributed by atoms with van der Waals surface area (Å²) in [5.74, 6) is 0.793. The first-order chi connectivity index (χ1) is 8.82. The molecule has 0 radical (unpaired) electrons. The maximum Gasteiger partial charge on any atom is 0.121 e. The highest BCUT2D eigenvalue weighted by molar-refractivity contribution is 9.10. The minimum Gasteiger partial charge on any atom is -0.335 e. The standard InChI is InChI=1S/C15H20BrN3/c1-9-7-10(15(2,3)4)5-6-11(9)13-14(16)19-12(8-17)18-13/h5-7H,8,17H2,1-4H3,(H,18,19). The maximum absolute atomic E-state index is 5.61. The van der Waals surface area contributed by atoms with E-state index in [0.29, 0.717) is 6.54 Å². The fourth-order valence-electron chi connectivity index (χ4n) is 2.07. The van der Waals surface area contributed by atoms with Gasteiger partial charge in [-0.2, -0.15) is 0 Å². The fourth-order valence-corrected chi connectivity index (χ4v) is 2.60. The summed E-state index contributed by atoms with van der Waals surface area (Å²) in [4.78, 5) is 7.67. The van der Waals surface area contributed by atoms with E-state index < -0.39 is 0 Å². The highest BCUT2D eigenvalue weighted by Gasteiger charge is 2.17. The SMILES string of the molecule is Cc1cc(C(C)(C)C)ccc1-c1nc(CN)[nH]c1Br. The van der Waals surface area contributed by atoms with E-state index in [0.717, 1.165) is 21.7 Å². The van der Waals surface area contributed by atoms with Crippen molar-refractivity contribution >= 4 is 15.9 Å². The van der Waals surface area contributed by atoms with E-state index in [2.05, 4.69) is 71.8 Å². The van der Waals surface area contributed by atoms with Crippen molar-refractivity contribution in [2.75, 3.05) is 0 Å². The molecule has 0 aliphatic carbocycles. The van der Waals surface area contributed by atoms with Crippen LogP contribution in [0.5, 0.6) is 0 Å². The smallest absolute Gasteiger partial charge is 0.121 e. The molecular weight excluding hydrogens is 302 g/mol. The maximum atomic E-state index is 5.61. The summed E-state index contributed by atoms with van der Waals surface area (Å²) in [6, 6.07) is 6.54. The summed E-state index contributed by atoms with van der Waals surface area (Å²) in [7, 11) is 0. The third-order valence-electron chi connectivity index (χ3n) is 3.25. The third-order valence-corrected chi connectivity index (χ3v) is 3.82. The van der Waals surface area contributed by atoms with Crippen LogP contribution < -0.4 is 5.73 Å². The molecule has 0 fully saturated rings. The molecule has 3 nitrogen and oxygen atoms in total. The Labute approximate surface area is 122 Å². The number of H-pyrrole nitrogens is 1. The second kappa shape index (κ2) is 5.10. The van der Waals surface area contributed by atoms with Gasteiger partial charge >= 0.3 is 0 Å². The molecule has 0 aliphatic heterocycles. The Morgan fingerprint density at radius 1 is 1.32 bits per heavy atom. The van der Waals surface area contributed by atoms with Gasteiger partial charge in [0.2, 0.25) is 0 Å². The van der Waals surface area contributed by atoms with E-state index in [4.69, 9.17) is 5.73 Å². The lowest BCUT2D eigenvalue weighted by Gasteiger charge is -2.20. The molecule has 1 heterocycles. The van der Waals surface area contributed by atoms with Crippen LogP contribution >= 0.6 is 15.9 Å². The normalized spacial score (nSPS) is 11.9. The first kappa shape index (κ1) is 14.3. The Bertz CT molecular complexity index is 594. The van der Waals surface area contributed by atoms with Crippen LogP contribution in [0.2, 0.25) is 0 Å². The predicted molar refractivity (Wildman–Crippen MR) is 83.1 cm³/mol. The van der Waals surface area contributed by atoms with Crippen molar-refractivity contribution in [2.45, 2.75) is 39.7 Å². The molecule has 2 aromatic rings. The molecule has 19 heavy (non-hydrogen) atoms. The Morgan fingerprint density at radius 3 is 2.47 bits per heavy atom. The predicted octanol–water partition coefficient (Wildman–Crippen LogP) is 3.90. The zero-order chi connectivity index (χ0) is 14.2. The Morgan fingerprint density at radius 2 is 2.00 bits per heavy atom. The van der Waals surface area contributed by atoms with Crippen molar-refractivity contribution in [3.63, 3.8) is 0 Å². The summed E-state index contributed by atoms with van der Waals surface area (Å²) < 4.78 is 0.888. The molecule has 1 aromatic carbocycles. The zero-order valence-corrected chi connectivity index (χ0v) is 13.4. The van der Waals surface area contributed by atoms with E-state index in [1.807, 2.05) is 0 Å². The lowest BCUT2D eigenvalue weighted by molar-refractivity contribution is 0.590. The van der Waals surface area contributed by atoms with Gasteiger partial charge < -0.3 is 10.7 Å². The van der Waals surface area contributed by atoms with Crippen LogP contribution in [-0.4, -0.2) is 9.97 Å². The summed E-state index contributed by atoms with van der Waals surface area (Å²) in [6.07, 6.45) is 0. The van der Waals surface area contributed by atoms with Crippen LogP contribution in [-0.2, 0) is 12.0 Å². The zero-order valence-electron chi connectivity index (χ0n) is 11.8. The van der Waals surface area contributed by atoms with E-state index in [1.54, 1.807) is 0 Å². The molecule has 0 atom stereocenters. The first-order valence-corrected chi connectivity index (χ1v) is 7.18. The van der Waals surface area contributed by atoms with Gasteiger partial charge in [-0.1, -0.05) is 39.0 Å². The number of aromatic nitrogens is 2. The first-order valence-electron chi connectivity index (χ1n) is 6.39.